The number of hydrogen-bond acceptors (Lipinski definition) is 2. The van der Waals surface area contributed by atoms with Crippen molar-refractivity contribution in [2.45, 2.75) is 13.0 Å². The van der Waals surface area contributed by atoms with Gasteiger partial charge in [-0.2, -0.15) is 0 Å². The van der Waals surface area contributed by atoms with Crippen LogP contribution in [0.5, 0.6) is 0 Å². The first-order valence-corrected chi connectivity index (χ1v) is 7.81. The summed E-state index contributed by atoms with van der Waals surface area (Å²) in [6, 6.07) is 22.8. The van der Waals surface area contributed by atoms with Crippen molar-refractivity contribution in [3.05, 3.63) is 84.7 Å². The Bertz CT molecular complexity index is 911. The molecule has 0 aliphatic carbocycles. The Kier molecular flexibility index (Phi) is 3.60. The molecule has 0 bridgehead atoms. The predicted octanol–water partition coefficient (Wildman–Crippen LogP) is 4.34. The minimum atomic E-state index is 0.885. The summed E-state index contributed by atoms with van der Waals surface area (Å²) in [7, 11) is 0. The number of aryl methyl sites for hydroxylation is 2. The molecular formula is C20H17N3. The smallest absolute Gasteiger partial charge is 0.141 e. The number of aromatic nitrogens is 3. The molecule has 2 heterocycles. The van der Waals surface area contributed by atoms with Gasteiger partial charge in [-0.1, -0.05) is 48.5 Å². The second kappa shape index (κ2) is 6.05. The van der Waals surface area contributed by atoms with Gasteiger partial charge in [-0.15, -0.1) is 0 Å². The molecule has 2 aromatic heterocycles. The van der Waals surface area contributed by atoms with Crippen molar-refractivity contribution in [1.82, 2.24) is 14.5 Å². The molecule has 0 unspecified atom stereocenters. The van der Waals surface area contributed by atoms with Crippen molar-refractivity contribution in [2.75, 3.05) is 0 Å². The van der Waals surface area contributed by atoms with Crippen LogP contribution in [0.3, 0.4) is 0 Å². The van der Waals surface area contributed by atoms with Gasteiger partial charge in [0, 0.05) is 24.5 Å². The highest BCUT2D eigenvalue weighted by atomic mass is 15.1. The van der Waals surface area contributed by atoms with Crippen LogP contribution in [-0.2, 0) is 13.0 Å². The molecule has 3 nitrogen and oxygen atoms in total. The van der Waals surface area contributed by atoms with Crippen LogP contribution >= 0.6 is 0 Å². The third-order valence-electron chi connectivity index (χ3n) is 4.03. The maximum absolute atomic E-state index is 4.84. The fourth-order valence-corrected chi connectivity index (χ4v) is 2.90. The van der Waals surface area contributed by atoms with Crippen LogP contribution in [-0.4, -0.2) is 14.5 Å². The summed E-state index contributed by atoms with van der Waals surface area (Å²) in [4.78, 5) is 9.05. The minimum Gasteiger partial charge on any atom is -0.324 e. The van der Waals surface area contributed by atoms with Crippen LogP contribution < -0.4 is 0 Å². The fourth-order valence-electron chi connectivity index (χ4n) is 2.90. The molecule has 0 aliphatic heterocycles. The monoisotopic (exact) mass is 299 g/mol. The van der Waals surface area contributed by atoms with E-state index in [4.69, 9.17) is 4.98 Å². The molecule has 0 radical (unpaired) electrons. The van der Waals surface area contributed by atoms with E-state index < -0.39 is 0 Å². The molecular weight excluding hydrogens is 282 g/mol. The molecule has 112 valence electrons. The van der Waals surface area contributed by atoms with E-state index in [2.05, 4.69) is 58.1 Å². The lowest BCUT2D eigenvalue weighted by atomic mass is 10.2. The molecule has 23 heavy (non-hydrogen) atoms. The number of nitrogens with zero attached hydrogens (tertiary/aromatic N) is 3. The average Bonchev–Trinajstić information content (AvgIpc) is 3.00. The standard InChI is InChI=1S/C20H17N3/c1-2-8-17(9-3-1)20-22-18-10-4-5-11-19(18)23(20)14-12-16-7-6-13-21-15-16/h1-11,13,15H,12,14H2. The molecule has 2 aromatic carbocycles. The van der Waals surface area contributed by atoms with Gasteiger partial charge in [0.05, 0.1) is 11.0 Å². The van der Waals surface area contributed by atoms with Crippen molar-refractivity contribution in [3.8, 4) is 11.4 Å². The van der Waals surface area contributed by atoms with E-state index >= 15 is 0 Å². The number of hydrogen-bond donors (Lipinski definition) is 0. The molecule has 4 aromatic rings. The molecule has 0 saturated carbocycles. The van der Waals surface area contributed by atoms with E-state index in [1.807, 2.05) is 30.6 Å². The normalized spacial score (nSPS) is 11.0. The van der Waals surface area contributed by atoms with Crippen molar-refractivity contribution < 1.29 is 0 Å². The van der Waals surface area contributed by atoms with Crippen LogP contribution in [0.25, 0.3) is 22.4 Å². The second-order valence-corrected chi connectivity index (χ2v) is 5.55. The van der Waals surface area contributed by atoms with Gasteiger partial charge in [-0.25, -0.2) is 4.98 Å². The Morgan fingerprint density at radius 2 is 1.65 bits per heavy atom. The largest absolute Gasteiger partial charge is 0.324 e. The van der Waals surface area contributed by atoms with Gasteiger partial charge < -0.3 is 4.57 Å². The van der Waals surface area contributed by atoms with Crippen LogP contribution in [0, 0.1) is 0 Å². The Balaban J connectivity index is 1.77. The summed E-state index contributed by atoms with van der Waals surface area (Å²) in [5.74, 6) is 1.02. The molecule has 3 heteroatoms. The first-order chi connectivity index (χ1) is 11.4. The Morgan fingerprint density at radius 3 is 2.48 bits per heavy atom. The van der Waals surface area contributed by atoms with Crippen LogP contribution in [0.15, 0.2) is 79.1 Å². The zero-order valence-electron chi connectivity index (χ0n) is 12.8. The number of para-hydroxylation sites is 2. The van der Waals surface area contributed by atoms with Crippen molar-refractivity contribution >= 4 is 11.0 Å². The highest BCUT2D eigenvalue weighted by Gasteiger charge is 2.11. The highest BCUT2D eigenvalue weighted by molar-refractivity contribution is 5.80. The zero-order chi connectivity index (χ0) is 15.5. The third kappa shape index (κ3) is 2.73. The summed E-state index contributed by atoms with van der Waals surface area (Å²) < 4.78 is 2.30. The molecule has 0 aliphatic rings. The molecule has 0 saturated heterocycles. The lowest BCUT2D eigenvalue weighted by molar-refractivity contribution is 0.721. The average molecular weight is 299 g/mol. The zero-order valence-corrected chi connectivity index (χ0v) is 12.8. The number of imidazole rings is 1. The summed E-state index contributed by atoms with van der Waals surface area (Å²) >= 11 is 0. The number of benzene rings is 2. The van der Waals surface area contributed by atoms with Gasteiger partial charge in [-0.3, -0.25) is 4.98 Å². The van der Waals surface area contributed by atoms with Crippen LogP contribution in [0.2, 0.25) is 0 Å². The van der Waals surface area contributed by atoms with Gasteiger partial charge in [0.25, 0.3) is 0 Å². The number of fused-ring (bicyclic) bond motifs is 1. The highest BCUT2D eigenvalue weighted by Crippen LogP contribution is 2.25. The topological polar surface area (TPSA) is 30.7 Å². The summed E-state index contributed by atoms with van der Waals surface area (Å²) in [6.45, 7) is 0.885. The van der Waals surface area contributed by atoms with Crippen molar-refractivity contribution in [3.63, 3.8) is 0 Å². The Hall–Kier alpha value is -2.94. The SMILES string of the molecule is c1ccc(-c2nc3ccccc3n2CCc2cccnc2)cc1. The quantitative estimate of drug-likeness (QED) is 0.561. The van der Waals surface area contributed by atoms with E-state index in [1.165, 1.54) is 11.1 Å². The first-order valence-electron chi connectivity index (χ1n) is 7.81. The number of pyridine rings is 1. The van der Waals surface area contributed by atoms with Gasteiger partial charge >= 0.3 is 0 Å². The maximum atomic E-state index is 4.84. The third-order valence-corrected chi connectivity index (χ3v) is 4.03. The summed E-state index contributed by atoms with van der Waals surface area (Å²) in [5.41, 5.74) is 4.60. The molecule has 0 N–H and O–H groups in total. The second-order valence-electron chi connectivity index (χ2n) is 5.55. The summed E-state index contributed by atoms with van der Waals surface area (Å²) in [5, 5.41) is 0. The lowest BCUT2D eigenvalue weighted by Gasteiger charge is -2.09. The molecule has 0 amide bonds. The number of rotatable bonds is 4. The maximum Gasteiger partial charge on any atom is 0.141 e. The van der Waals surface area contributed by atoms with Gasteiger partial charge in [0.1, 0.15) is 5.82 Å². The van der Waals surface area contributed by atoms with Gasteiger partial charge in [0.2, 0.25) is 0 Å². The Labute approximate surface area is 135 Å². The predicted molar refractivity (Wildman–Crippen MR) is 93.1 cm³/mol. The van der Waals surface area contributed by atoms with Crippen LogP contribution in [0.4, 0.5) is 0 Å². The van der Waals surface area contributed by atoms with E-state index in [0.29, 0.717) is 0 Å². The molecule has 0 spiro atoms. The molecule has 0 atom stereocenters. The first kappa shape index (κ1) is 13.7. The van der Waals surface area contributed by atoms with E-state index in [9.17, 15) is 0 Å². The van der Waals surface area contributed by atoms with E-state index in [-0.39, 0.29) is 0 Å². The minimum absolute atomic E-state index is 0.885. The van der Waals surface area contributed by atoms with Crippen molar-refractivity contribution in [1.29, 1.82) is 0 Å². The fraction of sp³-hybridized carbons (Fsp3) is 0.100. The van der Waals surface area contributed by atoms with Gasteiger partial charge in [0.15, 0.2) is 0 Å². The van der Waals surface area contributed by atoms with Crippen LogP contribution in [0.1, 0.15) is 5.56 Å². The summed E-state index contributed by atoms with van der Waals surface area (Å²) in [6.07, 6.45) is 4.68. The lowest BCUT2D eigenvalue weighted by Crippen LogP contribution is -2.03. The molecule has 0 fully saturated rings. The van der Waals surface area contributed by atoms with Gasteiger partial charge in [-0.05, 0) is 30.2 Å². The van der Waals surface area contributed by atoms with E-state index in [1.54, 1.807) is 0 Å². The Morgan fingerprint density at radius 1 is 0.826 bits per heavy atom. The van der Waals surface area contributed by atoms with Crippen molar-refractivity contribution in [2.24, 2.45) is 0 Å². The van der Waals surface area contributed by atoms with E-state index in [0.717, 1.165) is 29.9 Å². The molecule has 4 rings (SSSR count).